The Morgan fingerprint density at radius 1 is 1.00 bits per heavy atom. The maximum atomic E-state index is 10.9. The predicted molar refractivity (Wildman–Crippen MR) is 130 cm³/mol. The molecular weight excluding hydrogens is 448 g/mol. The van der Waals surface area contributed by atoms with E-state index >= 15 is 0 Å². The van der Waals surface area contributed by atoms with E-state index in [1.54, 1.807) is 37.4 Å². The van der Waals surface area contributed by atoms with Gasteiger partial charge in [0.1, 0.15) is 31.8 Å². The number of carboxylic acid groups (broad SMARTS) is 1. The van der Waals surface area contributed by atoms with Crippen molar-refractivity contribution in [3.05, 3.63) is 89.5 Å². The molecule has 8 nitrogen and oxygen atoms in total. The highest BCUT2D eigenvalue weighted by Gasteiger charge is 2.15. The smallest absolute Gasteiger partial charge is 0.305 e. The molecule has 35 heavy (non-hydrogen) atoms. The normalized spacial score (nSPS) is 11.7. The minimum atomic E-state index is -1.01. The minimum Gasteiger partial charge on any atom is -0.493 e. The molecule has 3 aromatic carbocycles. The first kappa shape index (κ1) is 25.1. The van der Waals surface area contributed by atoms with Crippen molar-refractivity contribution in [1.29, 1.82) is 5.26 Å². The van der Waals surface area contributed by atoms with E-state index in [1.165, 1.54) is 7.11 Å². The standard InChI is InChI=1S/C27H26N2O6/c1-32-26-14-19(17-34-23-11-9-20(10-12-23)22(16-28)15-27(30)31)8-13-25(26)35-18-24(29-33-2)21-6-4-3-5-7-21/h3-14,22H,15,17-18H2,1-2H3,(H,30,31). The lowest BCUT2D eigenvalue weighted by Gasteiger charge is -2.14. The summed E-state index contributed by atoms with van der Waals surface area (Å²) in [5, 5.41) is 22.2. The zero-order valence-corrected chi connectivity index (χ0v) is 19.5. The molecule has 1 N–H and O–H groups in total. The molecule has 0 saturated carbocycles. The summed E-state index contributed by atoms with van der Waals surface area (Å²) in [6.07, 6.45) is -0.241. The van der Waals surface area contributed by atoms with Gasteiger partial charge in [-0.15, -0.1) is 0 Å². The van der Waals surface area contributed by atoms with Crippen LogP contribution in [0.25, 0.3) is 0 Å². The lowest BCUT2D eigenvalue weighted by atomic mass is 9.97. The highest BCUT2D eigenvalue weighted by molar-refractivity contribution is 6.01. The van der Waals surface area contributed by atoms with Crippen LogP contribution in [0.1, 0.15) is 29.0 Å². The van der Waals surface area contributed by atoms with Gasteiger partial charge < -0.3 is 24.2 Å². The van der Waals surface area contributed by atoms with Crippen LogP contribution in [-0.2, 0) is 16.2 Å². The van der Waals surface area contributed by atoms with Crippen molar-refractivity contribution in [2.75, 3.05) is 20.8 Å². The highest BCUT2D eigenvalue weighted by Crippen LogP contribution is 2.29. The van der Waals surface area contributed by atoms with E-state index in [2.05, 4.69) is 5.16 Å². The van der Waals surface area contributed by atoms with Gasteiger partial charge in [0.15, 0.2) is 11.5 Å². The van der Waals surface area contributed by atoms with Gasteiger partial charge in [-0.25, -0.2) is 0 Å². The largest absolute Gasteiger partial charge is 0.493 e. The van der Waals surface area contributed by atoms with Crippen LogP contribution in [0.15, 0.2) is 78.0 Å². The van der Waals surface area contributed by atoms with Gasteiger partial charge in [-0.05, 0) is 35.4 Å². The molecule has 0 fully saturated rings. The van der Waals surface area contributed by atoms with Gasteiger partial charge in [-0.2, -0.15) is 5.26 Å². The van der Waals surface area contributed by atoms with Crippen LogP contribution in [-0.4, -0.2) is 37.6 Å². The summed E-state index contributed by atoms with van der Waals surface area (Å²) in [6, 6.07) is 24.0. The lowest BCUT2D eigenvalue weighted by Crippen LogP contribution is -2.14. The number of hydrogen-bond donors (Lipinski definition) is 1. The predicted octanol–water partition coefficient (Wildman–Crippen LogP) is 4.79. The number of nitriles is 1. The molecule has 0 aromatic heterocycles. The van der Waals surface area contributed by atoms with Crippen LogP contribution in [0.3, 0.4) is 0 Å². The van der Waals surface area contributed by atoms with Gasteiger partial charge in [0, 0.05) is 5.56 Å². The van der Waals surface area contributed by atoms with Crippen molar-refractivity contribution in [3.8, 4) is 23.3 Å². The summed E-state index contributed by atoms with van der Waals surface area (Å²) < 4.78 is 17.3. The van der Waals surface area contributed by atoms with Crippen molar-refractivity contribution in [1.82, 2.24) is 0 Å². The quantitative estimate of drug-likeness (QED) is 0.297. The number of rotatable bonds is 12. The Hall–Kier alpha value is -4.51. The third kappa shape index (κ3) is 7.24. The maximum Gasteiger partial charge on any atom is 0.305 e. The SMILES string of the molecule is CON=C(COc1ccc(COc2ccc(C(C#N)CC(=O)O)cc2)cc1OC)c1ccccc1. The van der Waals surface area contributed by atoms with Gasteiger partial charge in [0.25, 0.3) is 0 Å². The van der Waals surface area contributed by atoms with Crippen LogP contribution in [0, 0.1) is 11.3 Å². The van der Waals surface area contributed by atoms with Crippen LogP contribution in [0.4, 0.5) is 0 Å². The first-order valence-corrected chi connectivity index (χ1v) is 10.8. The third-order valence-corrected chi connectivity index (χ3v) is 5.12. The van der Waals surface area contributed by atoms with Crippen LogP contribution in [0.2, 0.25) is 0 Å². The van der Waals surface area contributed by atoms with E-state index in [9.17, 15) is 10.1 Å². The maximum absolute atomic E-state index is 10.9. The Labute approximate surface area is 203 Å². The van der Waals surface area contributed by atoms with E-state index in [1.807, 2.05) is 48.5 Å². The fraction of sp³-hybridized carbons (Fsp3) is 0.222. The van der Waals surface area contributed by atoms with Gasteiger partial charge >= 0.3 is 5.97 Å². The third-order valence-electron chi connectivity index (χ3n) is 5.12. The van der Waals surface area contributed by atoms with Gasteiger partial charge in [-0.3, -0.25) is 4.79 Å². The number of aliphatic carboxylic acids is 1. The Bertz CT molecular complexity index is 1190. The summed E-state index contributed by atoms with van der Waals surface area (Å²) in [5.41, 5.74) is 3.05. The molecule has 0 amide bonds. The second-order valence-corrected chi connectivity index (χ2v) is 7.50. The Morgan fingerprint density at radius 2 is 1.74 bits per heavy atom. The van der Waals surface area contributed by atoms with E-state index in [-0.39, 0.29) is 19.6 Å². The molecule has 3 rings (SSSR count). The lowest BCUT2D eigenvalue weighted by molar-refractivity contribution is -0.137. The van der Waals surface area contributed by atoms with Crippen molar-refractivity contribution in [2.24, 2.45) is 5.16 Å². The summed E-state index contributed by atoms with van der Waals surface area (Å²) >= 11 is 0. The molecule has 0 radical (unpaired) electrons. The molecule has 0 saturated heterocycles. The van der Waals surface area contributed by atoms with Crippen LogP contribution < -0.4 is 14.2 Å². The summed E-state index contributed by atoms with van der Waals surface area (Å²) in [5.74, 6) is -0.00308. The van der Waals surface area contributed by atoms with Crippen molar-refractivity contribution in [3.63, 3.8) is 0 Å². The Kier molecular flexibility index (Phi) is 9.08. The van der Waals surface area contributed by atoms with Gasteiger partial charge in [-0.1, -0.05) is 53.7 Å². The highest BCUT2D eigenvalue weighted by atomic mass is 16.6. The van der Waals surface area contributed by atoms with Crippen LogP contribution in [0.5, 0.6) is 17.2 Å². The van der Waals surface area contributed by atoms with Crippen LogP contribution >= 0.6 is 0 Å². The fourth-order valence-electron chi connectivity index (χ4n) is 3.35. The number of methoxy groups -OCH3 is 1. The average Bonchev–Trinajstić information content (AvgIpc) is 2.89. The average molecular weight is 475 g/mol. The van der Waals surface area contributed by atoms with Gasteiger partial charge in [0.2, 0.25) is 0 Å². The van der Waals surface area contributed by atoms with E-state index in [4.69, 9.17) is 24.2 Å². The molecule has 3 aromatic rings. The topological polar surface area (TPSA) is 110 Å². The molecule has 8 heteroatoms. The molecule has 0 spiro atoms. The second-order valence-electron chi connectivity index (χ2n) is 7.50. The first-order chi connectivity index (χ1) is 17.0. The van der Waals surface area contributed by atoms with Crippen molar-refractivity contribution < 1.29 is 28.9 Å². The summed E-state index contributed by atoms with van der Waals surface area (Å²) in [7, 11) is 3.05. The molecule has 0 aliphatic carbocycles. The van der Waals surface area contributed by atoms with E-state index < -0.39 is 11.9 Å². The molecule has 0 bridgehead atoms. The number of carbonyl (C=O) groups is 1. The first-order valence-electron chi connectivity index (χ1n) is 10.8. The Balaban J connectivity index is 1.62. The number of nitrogens with zero attached hydrogens (tertiary/aromatic N) is 2. The summed E-state index contributed by atoms with van der Waals surface area (Å²) in [6.45, 7) is 0.481. The monoisotopic (exact) mass is 474 g/mol. The fourth-order valence-corrected chi connectivity index (χ4v) is 3.35. The number of ether oxygens (including phenoxy) is 3. The molecule has 0 aliphatic rings. The van der Waals surface area contributed by atoms with Crippen molar-refractivity contribution >= 4 is 11.7 Å². The number of hydrogen-bond acceptors (Lipinski definition) is 7. The molecule has 0 heterocycles. The zero-order valence-electron chi connectivity index (χ0n) is 19.5. The van der Waals surface area contributed by atoms with Crippen molar-refractivity contribution in [2.45, 2.75) is 18.9 Å². The molecule has 1 unspecified atom stereocenters. The number of oxime groups is 1. The molecule has 0 aliphatic heterocycles. The minimum absolute atomic E-state index is 0.196. The second kappa shape index (κ2) is 12.7. The zero-order chi connectivity index (χ0) is 25.0. The van der Waals surface area contributed by atoms with E-state index in [0.717, 1.165) is 11.1 Å². The summed E-state index contributed by atoms with van der Waals surface area (Å²) in [4.78, 5) is 15.9. The Morgan fingerprint density at radius 3 is 2.37 bits per heavy atom. The number of benzene rings is 3. The molecule has 180 valence electrons. The van der Waals surface area contributed by atoms with Gasteiger partial charge in [0.05, 0.1) is 25.5 Å². The molecular formula is C27H26N2O6. The van der Waals surface area contributed by atoms with E-state index in [0.29, 0.717) is 28.5 Å². The number of carboxylic acids is 1. The molecule has 1 atom stereocenters.